The van der Waals surface area contributed by atoms with Crippen molar-refractivity contribution in [3.8, 4) is 0 Å². The Hall–Kier alpha value is -3.93. The molecule has 0 rings (SSSR count). The molecule has 0 saturated carbocycles. The standard InChI is InChI=1S/C70H118O6/c1-4-7-10-13-16-19-22-25-28-30-32-33-34-35-36-37-38-40-42-45-48-51-54-57-60-63-69(72)75-66-67(65-74-68(71)62-59-56-53-50-47-44-41-27-24-21-18-15-12-9-6-3)76-70(73)64-61-58-55-52-49-46-43-39-31-29-26-23-20-17-14-11-8-5-2/h7,9-10,12,16,18-19,21,25,27-28,32-33,41,47,50,56,59,67H,4-6,8,11,13-15,17,20,22-24,26,29-31,34-40,42-46,48-49,51-55,57-58,60-66H2,1-3H3/b10-7-,12-9-,19-16-,21-18-,28-25-,33-32-,41-27-,50-47-,59-56-. The van der Waals surface area contributed by atoms with Gasteiger partial charge in [0.05, 0.1) is 6.42 Å². The summed E-state index contributed by atoms with van der Waals surface area (Å²) in [4.78, 5) is 38.2. The van der Waals surface area contributed by atoms with Crippen LogP contribution in [0.4, 0.5) is 0 Å². The van der Waals surface area contributed by atoms with Gasteiger partial charge in [-0.05, 0) is 83.5 Å². The largest absolute Gasteiger partial charge is 0.462 e. The van der Waals surface area contributed by atoms with Crippen molar-refractivity contribution in [2.45, 2.75) is 303 Å². The first-order chi connectivity index (χ1) is 37.5. The van der Waals surface area contributed by atoms with E-state index in [2.05, 4.69) is 118 Å². The minimum Gasteiger partial charge on any atom is -0.462 e. The Balaban J connectivity index is 4.39. The van der Waals surface area contributed by atoms with Gasteiger partial charge in [0.25, 0.3) is 0 Å². The van der Waals surface area contributed by atoms with Crippen LogP contribution in [0, 0.1) is 0 Å². The molecule has 1 atom stereocenters. The van der Waals surface area contributed by atoms with Gasteiger partial charge in [0.2, 0.25) is 0 Å². The Morgan fingerprint density at radius 3 is 0.921 bits per heavy atom. The van der Waals surface area contributed by atoms with E-state index in [0.717, 1.165) is 96.3 Å². The Bertz CT molecular complexity index is 1540. The number of allylic oxidation sites excluding steroid dienone is 17. The molecule has 434 valence electrons. The molecule has 0 aliphatic rings. The second-order valence-electron chi connectivity index (χ2n) is 20.9. The SMILES string of the molecule is CC/C=C\C/C=C\C/C=C\C/C=C\C/C=C\CC(=O)OCC(COC(=O)CCCCCCCCCCCCCC/C=C\C/C=C\C/C=C\C/C=C\CC)OC(=O)CCCCCCCCCCCCCCCCCCCC. The van der Waals surface area contributed by atoms with Crippen molar-refractivity contribution in [3.63, 3.8) is 0 Å². The molecule has 6 nitrogen and oxygen atoms in total. The highest BCUT2D eigenvalue weighted by atomic mass is 16.6. The molecule has 0 amide bonds. The van der Waals surface area contributed by atoms with Gasteiger partial charge in [0.15, 0.2) is 6.10 Å². The summed E-state index contributed by atoms with van der Waals surface area (Å²) in [5.74, 6) is -1.03. The van der Waals surface area contributed by atoms with Gasteiger partial charge in [-0.1, -0.05) is 304 Å². The summed E-state index contributed by atoms with van der Waals surface area (Å²) in [5.41, 5.74) is 0. The minimum absolute atomic E-state index is 0.107. The number of carbonyl (C=O) groups excluding carboxylic acids is 3. The van der Waals surface area contributed by atoms with Crippen molar-refractivity contribution >= 4 is 17.9 Å². The number of unbranched alkanes of at least 4 members (excludes halogenated alkanes) is 29. The zero-order valence-electron chi connectivity index (χ0n) is 49.7. The summed E-state index contributed by atoms with van der Waals surface area (Å²) in [6.45, 7) is 6.35. The van der Waals surface area contributed by atoms with E-state index in [1.807, 2.05) is 6.08 Å². The summed E-state index contributed by atoms with van der Waals surface area (Å²) in [6, 6.07) is 0. The van der Waals surface area contributed by atoms with Gasteiger partial charge in [-0.3, -0.25) is 14.4 Å². The van der Waals surface area contributed by atoms with Gasteiger partial charge in [-0.15, -0.1) is 0 Å². The number of ether oxygens (including phenoxy) is 3. The third-order valence-electron chi connectivity index (χ3n) is 13.6. The Kier molecular flexibility index (Phi) is 60.3. The van der Waals surface area contributed by atoms with Gasteiger partial charge >= 0.3 is 17.9 Å². The van der Waals surface area contributed by atoms with Crippen LogP contribution in [0.1, 0.15) is 297 Å². The average molecular weight is 1060 g/mol. The Morgan fingerprint density at radius 2 is 0.566 bits per heavy atom. The van der Waals surface area contributed by atoms with Crippen molar-refractivity contribution in [1.82, 2.24) is 0 Å². The maximum Gasteiger partial charge on any atom is 0.309 e. The Labute approximate surface area is 470 Å². The smallest absolute Gasteiger partial charge is 0.309 e. The second-order valence-corrected chi connectivity index (χ2v) is 20.9. The molecule has 0 aliphatic heterocycles. The normalized spacial score (nSPS) is 12.8. The van der Waals surface area contributed by atoms with Crippen molar-refractivity contribution in [2.24, 2.45) is 0 Å². The van der Waals surface area contributed by atoms with E-state index < -0.39 is 12.1 Å². The lowest BCUT2D eigenvalue weighted by Gasteiger charge is -2.18. The lowest BCUT2D eigenvalue weighted by molar-refractivity contribution is -0.166. The molecule has 0 radical (unpaired) electrons. The van der Waals surface area contributed by atoms with Gasteiger partial charge in [-0.2, -0.15) is 0 Å². The van der Waals surface area contributed by atoms with Crippen LogP contribution in [-0.2, 0) is 28.6 Å². The van der Waals surface area contributed by atoms with Crippen molar-refractivity contribution < 1.29 is 28.6 Å². The van der Waals surface area contributed by atoms with E-state index in [1.165, 1.54) is 161 Å². The highest BCUT2D eigenvalue weighted by Gasteiger charge is 2.19. The fraction of sp³-hybridized carbons (Fsp3) is 0.700. The van der Waals surface area contributed by atoms with Crippen LogP contribution in [0.25, 0.3) is 0 Å². The fourth-order valence-corrected chi connectivity index (χ4v) is 8.86. The molecule has 0 saturated heterocycles. The van der Waals surface area contributed by atoms with Crippen molar-refractivity contribution in [3.05, 3.63) is 109 Å². The fourth-order valence-electron chi connectivity index (χ4n) is 8.86. The molecule has 0 spiro atoms. The number of hydrogen-bond acceptors (Lipinski definition) is 6. The van der Waals surface area contributed by atoms with E-state index in [0.29, 0.717) is 12.8 Å². The first kappa shape index (κ1) is 72.1. The molecule has 0 N–H and O–H groups in total. The number of rotatable bonds is 57. The monoisotopic (exact) mass is 1050 g/mol. The third kappa shape index (κ3) is 60.9. The van der Waals surface area contributed by atoms with Crippen LogP contribution < -0.4 is 0 Å². The van der Waals surface area contributed by atoms with Crippen LogP contribution in [0.3, 0.4) is 0 Å². The molecule has 0 bridgehead atoms. The first-order valence-electron chi connectivity index (χ1n) is 31.9. The topological polar surface area (TPSA) is 78.9 Å². The second kappa shape index (κ2) is 63.6. The van der Waals surface area contributed by atoms with Gasteiger partial charge in [0.1, 0.15) is 13.2 Å². The molecule has 0 fully saturated rings. The average Bonchev–Trinajstić information content (AvgIpc) is 3.42. The van der Waals surface area contributed by atoms with E-state index in [9.17, 15) is 14.4 Å². The zero-order valence-corrected chi connectivity index (χ0v) is 49.7. The molecule has 6 heteroatoms. The number of carbonyl (C=O) groups is 3. The molecule has 0 heterocycles. The van der Waals surface area contributed by atoms with Gasteiger partial charge in [0, 0.05) is 12.8 Å². The zero-order chi connectivity index (χ0) is 55.0. The highest BCUT2D eigenvalue weighted by molar-refractivity contribution is 5.72. The summed E-state index contributed by atoms with van der Waals surface area (Å²) >= 11 is 0. The molecular formula is C70H118O6. The molecule has 0 aromatic carbocycles. The van der Waals surface area contributed by atoms with Gasteiger partial charge in [-0.25, -0.2) is 0 Å². The summed E-state index contributed by atoms with van der Waals surface area (Å²) in [6.07, 6.45) is 86.9. The lowest BCUT2D eigenvalue weighted by Crippen LogP contribution is -2.30. The molecular weight excluding hydrogens is 937 g/mol. The van der Waals surface area contributed by atoms with Crippen LogP contribution in [0.5, 0.6) is 0 Å². The van der Waals surface area contributed by atoms with Crippen LogP contribution in [0.15, 0.2) is 109 Å². The number of hydrogen-bond donors (Lipinski definition) is 0. The van der Waals surface area contributed by atoms with E-state index in [1.54, 1.807) is 6.08 Å². The molecule has 0 aliphatic carbocycles. The predicted octanol–water partition coefficient (Wildman–Crippen LogP) is 21.8. The third-order valence-corrected chi connectivity index (χ3v) is 13.6. The van der Waals surface area contributed by atoms with E-state index >= 15 is 0 Å². The van der Waals surface area contributed by atoms with Gasteiger partial charge < -0.3 is 14.2 Å². The minimum atomic E-state index is -0.819. The van der Waals surface area contributed by atoms with E-state index in [4.69, 9.17) is 14.2 Å². The predicted molar refractivity (Wildman–Crippen MR) is 330 cm³/mol. The summed E-state index contributed by atoms with van der Waals surface area (Å²) in [7, 11) is 0. The summed E-state index contributed by atoms with van der Waals surface area (Å²) in [5, 5.41) is 0. The first-order valence-corrected chi connectivity index (χ1v) is 31.9. The maximum absolute atomic E-state index is 12.9. The molecule has 1 unspecified atom stereocenters. The molecule has 0 aromatic heterocycles. The lowest BCUT2D eigenvalue weighted by atomic mass is 10.0. The summed E-state index contributed by atoms with van der Waals surface area (Å²) < 4.78 is 16.8. The number of esters is 3. The molecule has 0 aromatic rings. The quantitative estimate of drug-likeness (QED) is 0.0261. The highest BCUT2D eigenvalue weighted by Crippen LogP contribution is 2.17. The maximum atomic E-state index is 12.9. The van der Waals surface area contributed by atoms with Crippen LogP contribution in [0.2, 0.25) is 0 Å². The Morgan fingerprint density at radius 1 is 0.289 bits per heavy atom. The van der Waals surface area contributed by atoms with E-state index in [-0.39, 0.29) is 31.6 Å². The van der Waals surface area contributed by atoms with Crippen molar-refractivity contribution in [2.75, 3.05) is 13.2 Å². The van der Waals surface area contributed by atoms with Crippen LogP contribution in [-0.4, -0.2) is 37.2 Å². The van der Waals surface area contributed by atoms with Crippen LogP contribution >= 0.6 is 0 Å². The molecule has 76 heavy (non-hydrogen) atoms. The van der Waals surface area contributed by atoms with Crippen molar-refractivity contribution in [1.29, 1.82) is 0 Å².